The maximum absolute atomic E-state index is 13.9. The number of carbonyl (C=O) groups excluding carboxylic acids is 1. The quantitative estimate of drug-likeness (QED) is 0.399. The van der Waals surface area contributed by atoms with Crippen LogP contribution in [0, 0.1) is 5.82 Å². The first-order chi connectivity index (χ1) is 16.4. The van der Waals surface area contributed by atoms with Crippen molar-refractivity contribution in [2.24, 2.45) is 0 Å². The molecule has 1 N–H and O–H groups in total. The summed E-state index contributed by atoms with van der Waals surface area (Å²) in [4.78, 5) is 32.8. The summed E-state index contributed by atoms with van der Waals surface area (Å²) in [7, 11) is 1.66. The Hall–Kier alpha value is -3.71. The molecule has 8 heteroatoms. The third-order valence-electron chi connectivity index (χ3n) is 5.72. The lowest BCUT2D eigenvalue weighted by Crippen LogP contribution is -2.41. The van der Waals surface area contributed by atoms with Crippen LogP contribution >= 0.6 is 11.6 Å². The van der Waals surface area contributed by atoms with Gasteiger partial charge in [-0.05, 0) is 42.3 Å². The molecule has 1 aromatic heterocycles. The van der Waals surface area contributed by atoms with E-state index in [9.17, 15) is 14.0 Å². The fourth-order valence-corrected chi connectivity index (χ4v) is 4.09. The van der Waals surface area contributed by atoms with E-state index in [0.29, 0.717) is 35.4 Å². The number of hydrogen-bond donors (Lipinski definition) is 1. The summed E-state index contributed by atoms with van der Waals surface area (Å²) in [6, 6.07) is 19.8. The Bertz CT molecular complexity index is 1390. The molecule has 3 aromatic carbocycles. The summed E-state index contributed by atoms with van der Waals surface area (Å²) in [5.41, 5.74) is 1.54. The smallest absolute Gasteiger partial charge is 0.318 e. The van der Waals surface area contributed by atoms with E-state index >= 15 is 0 Å². The Balaban J connectivity index is 1.78. The van der Waals surface area contributed by atoms with Crippen molar-refractivity contribution in [3.63, 3.8) is 0 Å². The lowest BCUT2D eigenvalue weighted by atomic mass is 10.1. The molecule has 1 unspecified atom stereocenters. The van der Waals surface area contributed by atoms with Gasteiger partial charge in [0.1, 0.15) is 11.6 Å². The largest absolute Gasteiger partial charge is 0.334 e. The highest BCUT2D eigenvalue weighted by molar-refractivity contribution is 6.30. The second kappa shape index (κ2) is 10.1. The summed E-state index contributed by atoms with van der Waals surface area (Å²) in [6.07, 6.45) is 0.495. The van der Waals surface area contributed by atoms with Gasteiger partial charge < -0.3 is 10.2 Å². The zero-order chi connectivity index (χ0) is 24.2. The fourth-order valence-electron chi connectivity index (χ4n) is 3.92. The summed E-state index contributed by atoms with van der Waals surface area (Å²) in [5, 5.41) is 3.22. The summed E-state index contributed by atoms with van der Waals surface area (Å²) in [5.74, 6) is -0.218. The van der Waals surface area contributed by atoms with Gasteiger partial charge in [-0.25, -0.2) is 14.2 Å². The minimum atomic E-state index is -0.585. The van der Waals surface area contributed by atoms with E-state index in [2.05, 4.69) is 5.32 Å². The third-order valence-corrected chi connectivity index (χ3v) is 6.01. The predicted molar refractivity (Wildman–Crippen MR) is 132 cm³/mol. The molecule has 0 aliphatic rings. The molecule has 34 heavy (non-hydrogen) atoms. The molecular formula is C26H24ClFN4O2. The maximum Gasteiger partial charge on any atom is 0.318 e. The van der Waals surface area contributed by atoms with Crippen LogP contribution in [0.3, 0.4) is 0 Å². The van der Waals surface area contributed by atoms with Gasteiger partial charge in [-0.15, -0.1) is 0 Å². The number of para-hydroxylation sites is 1. The molecule has 4 aromatic rings. The zero-order valence-corrected chi connectivity index (χ0v) is 19.6. The first-order valence-corrected chi connectivity index (χ1v) is 11.3. The highest BCUT2D eigenvalue weighted by Gasteiger charge is 2.26. The van der Waals surface area contributed by atoms with E-state index in [0.717, 1.165) is 5.56 Å². The average Bonchev–Trinajstić information content (AvgIpc) is 2.85. The first kappa shape index (κ1) is 23.4. The summed E-state index contributed by atoms with van der Waals surface area (Å²) < 4.78 is 15.3. The zero-order valence-electron chi connectivity index (χ0n) is 18.8. The molecule has 4 rings (SSSR count). The number of fused-ring (bicyclic) bond motifs is 1. The number of amides is 2. The van der Waals surface area contributed by atoms with Gasteiger partial charge >= 0.3 is 6.03 Å². The highest BCUT2D eigenvalue weighted by Crippen LogP contribution is 2.26. The van der Waals surface area contributed by atoms with Crippen molar-refractivity contribution in [2.45, 2.75) is 25.9 Å². The minimum Gasteiger partial charge on any atom is -0.334 e. The van der Waals surface area contributed by atoms with Crippen LogP contribution in [-0.4, -0.2) is 27.5 Å². The molecule has 0 saturated carbocycles. The fraction of sp³-hybridized carbons (Fsp3) is 0.192. The van der Waals surface area contributed by atoms with E-state index in [-0.39, 0.29) is 16.6 Å². The Morgan fingerprint density at radius 1 is 1.12 bits per heavy atom. The Labute approximate surface area is 201 Å². The molecule has 6 nitrogen and oxygen atoms in total. The van der Waals surface area contributed by atoms with Crippen LogP contribution in [0.15, 0.2) is 77.6 Å². The number of carbonyl (C=O) groups is 1. The van der Waals surface area contributed by atoms with Gasteiger partial charge in [-0.3, -0.25) is 9.36 Å². The van der Waals surface area contributed by atoms with Gasteiger partial charge in [0.05, 0.1) is 27.7 Å². The molecule has 1 atom stereocenters. The molecule has 0 spiro atoms. The van der Waals surface area contributed by atoms with Crippen LogP contribution in [0.1, 0.15) is 30.8 Å². The number of benzene rings is 3. The van der Waals surface area contributed by atoms with Crippen molar-refractivity contribution in [3.8, 4) is 5.69 Å². The second-order valence-electron chi connectivity index (χ2n) is 7.91. The van der Waals surface area contributed by atoms with Crippen molar-refractivity contribution in [1.29, 1.82) is 0 Å². The van der Waals surface area contributed by atoms with Crippen molar-refractivity contribution < 1.29 is 9.18 Å². The van der Waals surface area contributed by atoms with E-state index in [4.69, 9.17) is 16.6 Å². The van der Waals surface area contributed by atoms with Gasteiger partial charge in [0, 0.05) is 13.6 Å². The molecule has 2 amide bonds. The predicted octanol–water partition coefficient (Wildman–Crippen LogP) is 5.47. The Kier molecular flexibility index (Phi) is 6.93. The van der Waals surface area contributed by atoms with Gasteiger partial charge in [-0.1, -0.05) is 61.0 Å². The molecular weight excluding hydrogens is 455 g/mol. The van der Waals surface area contributed by atoms with E-state index in [1.54, 1.807) is 31.3 Å². The number of aromatic nitrogens is 2. The second-order valence-corrected chi connectivity index (χ2v) is 8.31. The Morgan fingerprint density at radius 3 is 2.53 bits per heavy atom. The molecule has 0 fully saturated rings. The third kappa shape index (κ3) is 4.65. The number of hydrogen-bond acceptors (Lipinski definition) is 3. The van der Waals surface area contributed by atoms with Gasteiger partial charge in [0.15, 0.2) is 0 Å². The molecule has 0 bridgehead atoms. The molecule has 0 aliphatic carbocycles. The molecule has 0 aliphatic heterocycles. The normalized spacial score (nSPS) is 11.9. The van der Waals surface area contributed by atoms with E-state index in [1.165, 1.54) is 27.7 Å². The van der Waals surface area contributed by atoms with Gasteiger partial charge in [-0.2, -0.15) is 0 Å². The van der Waals surface area contributed by atoms with Crippen molar-refractivity contribution in [2.75, 3.05) is 7.05 Å². The monoisotopic (exact) mass is 478 g/mol. The molecule has 0 saturated heterocycles. The number of urea groups is 1. The molecule has 0 radical (unpaired) electrons. The standard InChI is InChI=1S/C26H24ClFN4O2/c1-3-23(31(2)26(34)29-16-17-9-5-4-6-10-17)24-30-22-12-8-7-11-19(22)25(33)32(24)18-13-14-21(28)20(27)15-18/h4-15,23H,3,16H2,1-2H3,(H,29,34). The number of nitrogens with zero attached hydrogens (tertiary/aromatic N) is 3. The van der Waals surface area contributed by atoms with Gasteiger partial charge in [0.25, 0.3) is 5.56 Å². The summed E-state index contributed by atoms with van der Waals surface area (Å²) in [6.45, 7) is 2.28. The number of nitrogens with one attached hydrogen (secondary N) is 1. The van der Waals surface area contributed by atoms with Crippen molar-refractivity contribution >= 4 is 28.5 Å². The van der Waals surface area contributed by atoms with Crippen LogP contribution in [-0.2, 0) is 6.54 Å². The average molecular weight is 479 g/mol. The van der Waals surface area contributed by atoms with Crippen LogP contribution in [0.4, 0.5) is 9.18 Å². The topological polar surface area (TPSA) is 67.2 Å². The van der Waals surface area contributed by atoms with E-state index in [1.807, 2.05) is 37.3 Å². The Morgan fingerprint density at radius 2 is 1.82 bits per heavy atom. The first-order valence-electron chi connectivity index (χ1n) is 10.9. The molecule has 1 heterocycles. The molecule has 174 valence electrons. The van der Waals surface area contributed by atoms with Crippen LogP contribution < -0.4 is 10.9 Å². The highest BCUT2D eigenvalue weighted by atomic mass is 35.5. The summed E-state index contributed by atoms with van der Waals surface area (Å²) >= 11 is 6.03. The number of halogens is 2. The maximum atomic E-state index is 13.9. The van der Waals surface area contributed by atoms with Gasteiger partial charge in [0.2, 0.25) is 0 Å². The van der Waals surface area contributed by atoms with Crippen LogP contribution in [0.5, 0.6) is 0 Å². The minimum absolute atomic E-state index is 0.106. The van der Waals surface area contributed by atoms with Crippen molar-refractivity contribution in [3.05, 3.63) is 105 Å². The van der Waals surface area contributed by atoms with Crippen molar-refractivity contribution in [1.82, 2.24) is 19.8 Å². The lowest BCUT2D eigenvalue weighted by Gasteiger charge is -2.29. The lowest BCUT2D eigenvalue weighted by molar-refractivity contribution is 0.185. The number of rotatable bonds is 6. The van der Waals surface area contributed by atoms with Crippen LogP contribution in [0.25, 0.3) is 16.6 Å². The van der Waals surface area contributed by atoms with E-state index < -0.39 is 11.9 Å². The van der Waals surface area contributed by atoms with Crippen LogP contribution in [0.2, 0.25) is 5.02 Å². The SMILES string of the molecule is CCC(c1nc2ccccc2c(=O)n1-c1ccc(F)c(Cl)c1)N(C)C(=O)NCc1ccccc1.